The van der Waals surface area contributed by atoms with Crippen LogP contribution in [0.25, 0.3) is 21.7 Å². The number of rotatable bonds is 11. The monoisotopic (exact) mass is 538 g/mol. The van der Waals surface area contributed by atoms with E-state index in [0.29, 0.717) is 24.8 Å². The summed E-state index contributed by atoms with van der Waals surface area (Å²) in [6.45, 7) is 9.27. The van der Waals surface area contributed by atoms with Crippen molar-refractivity contribution in [1.29, 1.82) is 0 Å². The van der Waals surface area contributed by atoms with Gasteiger partial charge in [0.25, 0.3) is 0 Å². The maximum atomic E-state index is 6.24. The van der Waals surface area contributed by atoms with Gasteiger partial charge in [0.2, 0.25) is 0 Å². The van der Waals surface area contributed by atoms with Crippen molar-refractivity contribution in [3.63, 3.8) is 0 Å². The van der Waals surface area contributed by atoms with E-state index in [-0.39, 0.29) is 0 Å². The van der Waals surface area contributed by atoms with Crippen LogP contribution in [0.2, 0.25) is 0 Å². The van der Waals surface area contributed by atoms with Crippen LogP contribution in [0.15, 0.2) is 102 Å². The van der Waals surface area contributed by atoms with E-state index in [4.69, 9.17) is 9.72 Å². The van der Waals surface area contributed by atoms with Crippen LogP contribution < -0.4 is 4.74 Å². The lowest BCUT2D eigenvalue weighted by atomic mass is 10.0. The Morgan fingerprint density at radius 1 is 0.947 bits per heavy atom. The maximum absolute atomic E-state index is 6.24. The highest BCUT2D eigenvalue weighted by Crippen LogP contribution is 2.31. The zero-order valence-electron chi connectivity index (χ0n) is 21.6. The van der Waals surface area contributed by atoms with Gasteiger partial charge in [-0.3, -0.25) is 4.57 Å². The molecule has 0 amide bonds. The maximum Gasteiger partial charge on any atom is 0.191 e. The van der Waals surface area contributed by atoms with Gasteiger partial charge in [0, 0.05) is 28.8 Å². The SMILES string of the molecule is C=CCn1c(COc2ccccc2-c2ccccc2)nnc1SCc1csc(-c2ccc(C(C)C)cc2)n1. The number of hydrogen-bond acceptors (Lipinski definition) is 6. The molecule has 192 valence electrons. The summed E-state index contributed by atoms with van der Waals surface area (Å²) in [6, 6.07) is 27.0. The second-order valence-electron chi connectivity index (χ2n) is 9.16. The van der Waals surface area contributed by atoms with Crippen LogP contribution in [0.1, 0.15) is 36.8 Å². The second kappa shape index (κ2) is 12.2. The average Bonchev–Trinajstić information content (AvgIpc) is 3.59. The van der Waals surface area contributed by atoms with Crippen LogP contribution in [0, 0.1) is 0 Å². The van der Waals surface area contributed by atoms with Gasteiger partial charge in [-0.2, -0.15) is 0 Å². The largest absolute Gasteiger partial charge is 0.485 e. The molecule has 3 aromatic carbocycles. The summed E-state index contributed by atoms with van der Waals surface area (Å²) in [6.07, 6.45) is 1.86. The van der Waals surface area contributed by atoms with E-state index in [1.165, 1.54) is 5.56 Å². The summed E-state index contributed by atoms with van der Waals surface area (Å²) in [7, 11) is 0. The third kappa shape index (κ3) is 6.06. The number of hydrogen-bond donors (Lipinski definition) is 0. The van der Waals surface area contributed by atoms with Gasteiger partial charge in [0.05, 0.1) is 5.69 Å². The van der Waals surface area contributed by atoms with Gasteiger partial charge in [0.1, 0.15) is 17.4 Å². The molecule has 0 unspecified atom stereocenters. The zero-order valence-corrected chi connectivity index (χ0v) is 23.2. The number of thioether (sulfide) groups is 1. The molecule has 0 spiro atoms. The Labute approximate surface area is 232 Å². The van der Waals surface area contributed by atoms with Crippen LogP contribution >= 0.6 is 23.1 Å². The van der Waals surface area contributed by atoms with E-state index in [0.717, 1.165) is 44.1 Å². The first-order valence-corrected chi connectivity index (χ1v) is 14.5. The first-order chi connectivity index (χ1) is 18.6. The van der Waals surface area contributed by atoms with Gasteiger partial charge in [0.15, 0.2) is 11.0 Å². The highest BCUT2D eigenvalue weighted by atomic mass is 32.2. The number of para-hydroxylation sites is 1. The molecule has 0 atom stereocenters. The first-order valence-electron chi connectivity index (χ1n) is 12.6. The van der Waals surface area contributed by atoms with Gasteiger partial charge in [-0.25, -0.2) is 4.98 Å². The molecule has 2 aromatic heterocycles. The fourth-order valence-electron chi connectivity index (χ4n) is 4.09. The molecule has 0 N–H and O–H groups in total. The minimum absolute atomic E-state index is 0.318. The standard InChI is InChI=1S/C31H30N4OS2/c1-4-18-35-29(19-36-28-13-9-8-12-27(28)24-10-6-5-7-11-24)33-34-31(35)38-21-26-20-37-30(32-26)25-16-14-23(15-17-25)22(2)3/h4-17,20,22H,1,18-19,21H2,2-3H3. The van der Waals surface area contributed by atoms with Crippen molar-refractivity contribution in [2.45, 2.75) is 43.8 Å². The van der Waals surface area contributed by atoms with Crippen LogP contribution in [0.5, 0.6) is 5.75 Å². The van der Waals surface area contributed by atoms with E-state index in [1.54, 1.807) is 23.1 Å². The number of allylic oxidation sites excluding steroid dienone is 1. The topological polar surface area (TPSA) is 52.8 Å². The van der Waals surface area contributed by atoms with Gasteiger partial charge in [-0.05, 0) is 23.1 Å². The van der Waals surface area contributed by atoms with Crippen molar-refractivity contribution in [1.82, 2.24) is 19.7 Å². The van der Waals surface area contributed by atoms with E-state index < -0.39 is 0 Å². The molecular weight excluding hydrogens is 509 g/mol. The predicted molar refractivity (Wildman–Crippen MR) is 158 cm³/mol. The highest BCUT2D eigenvalue weighted by molar-refractivity contribution is 7.98. The normalized spacial score (nSPS) is 11.1. The van der Waals surface area contributed by atoms with Gasteiger partial charge in [-0.15, -0.1) is 28.1 Å². The van der Waals surface area contributed by atoms with E-state index >= 15 is 0 Å². The lowest BCUT2D eigenvalue weighted by Gasteiger charge is -2.12. The Morgan fingerprint density at radius 3 is 2.47 bits per heavy atom. The average molecular weight is 539 g/mol. The number of ether oxygens (including phenoxy) is 1. The van der Waals surface area contributed by atoms with Crippen molar-refractivity contribution in [2.75, 3.05) is 0 Å². The van der Waals surface area contributed by atoms with Crippen molar-refractivity contribution in [2.24, 2.45) is 0 Å². The Kier molecular flexibility index (Phi) is 8.36. The molecule has 5 nitrogen and oxygen atoms in total. The van der Waals surface area contributed by atoms with Crippen LogP contribution in [0.4, 0.5) is 0 Å². The third-order valence-electron chi connectivity index (χ3n) is 6.16. The van der Waals surface area contributed by atoms with Gasteiger partial charge >= 0.3 is 0 Å². The summed E-state index contributed by atoms with van der Waals surface area (Å²) in [5.74, 6) is 2.82. The van der Waals surface area contributed by atoms with E-state index in [2.05, 4.69) is 83.0 Å². The fourth-order valence-corrected chi connectivity index (χ4v) is 5.88. The fraction of sp³-hybridized carbons (Fsp3) is 0.194. The summed E-state index contributed by atoms with van der Waals surface area (Å²) in [5, 5.41) is 12.9. The Balaban J connectivity index is 1.26. The molecule has 5 aromatic rings. The lowest BCUT2D eigenvalue weighted by molar-refractivity contribution is 0.290. The molecule has 0 saturated carbocycles. The Morgan fingerprint density at radius 2 is 1.71 bits per heavy atom. The van der Waals surface area contributed by atoms with Crippen molar-refractivity contribution in [3.8, 4) is 27.4 Å². The van der Waals surface area contributed by atoms with Crippen LogP contribution in [-0.4, -0.2) is 19.7 Å². The molecule has 5 rings (SSSR count). The second-order valence-corrected chi connectivity index (χ2v) is 11.0. The molecule has 0 aliphatic heterocycles. The van der Waals surface area contributed by atoms with Crippen molar-refractivity contribution >= 4 is 23.1 Å². The van der Waals surface area contributed by atoms with Crippen LogP contribution in [0.3, 0.4) is 0 Å². The predicted octanol–water partition coefficient (Wildman–Crippen LogP) is 8.25. The summed E-state index contributed by atoms with van der Waals surface area (Å²) in [4.78, 5) is 4.86. The zero-order chi connectivity index (χ0) is 26.3. The quantitative estimate of drug-likeness (QED) is 0.125. The summed E-state index contributed by atoms with van der Waals surface area (Å²) in [5.41, 5.74) is 5.69. The highest BCUT2D eigenvalue weighted by Gasteiger charge is 2.15. The first kappa shape index (κ1) is 25.9. The van der Waals surface area contributed by atoms with E-state index in [9.17, 15) is 0 Å². The molecule has 0 aliphatic carbocycles. The smallest absolute Gasteiger partial charge is 0.191 e. The molecule has 0 saturated heterocycles. The molecule has 0 radical (unpaired) electrons. The number of benzene rings is 3. The lowest BCUT2D eigenvalue weighted by Crippen LogP contribution is -2.08. The number of thiazole rings is 1. The molecule has 38 heavy (non-hydrogen) atoms. The van der Waals surface area contributed by atoms with Crippen LogP contribution in [-0.2, 0) is 18.9 Å². The van der Waals surface area contributed by atoms with Gasteiger partial charge < -0.3 is 4.74 Å². The third-order valence-corrected chi connectivity index (χ3v) is 8.10. The van der Waals surface area contributed by atoms with Gasteiger partial charge in [-0.1, -0.05) is 104 Å². The molecule has 7 heteroatoms. The number of aromatic nitrogens is 4. The summed E-state index contributed by atoms with van der Waals surface area (Å²) < 4.78 is 8.29. The minimum Gasteiger partial charge on any atom is -0.485 e. The molecule has 0 bridgehead atoms. The number of nitrogens with zero attached hydrogens (tertiary/aromatic N) is 4. The molecule has 2 heterocycles. The Hall–Kier alpha value is -3.68. The van der Waals surface area contributed by atoms with E-state index in [1.807, 2.05) is 42.5 Å². The molecule has 0 aliphatic rings. The van der Waals surface area contributed by atoms with Crippen molar-refractivity contribution < 1.29 is 4.74 Å². The Bertz CT molecular complexity index is 1490. The summed E-state index contributed by atoms with van der Waals surface area (Å²) >= 11 is 3.30. The molecule has 0 fully saturated rings. The minimum atomic E-state index is 0.318. The van der Waals surface area contributed by atoms with Crippen molar-refractivity contribution in [3.05, 3.63) is 114 Å². The molecular formula is C31H30N4OS2.